The second kappa shape index (κ2) is 9.84. The molecule has 2 aliphatic rings. The molecular formula is C22H25F3N6O3. The van der Waals surface area contributed by atoms with Crippen LogP contribution in [0.25, 0.3) is 11.4 Å². The van der Waals surface area contributed by atoms with Crippen LogP contribution < -0.4 is 15.5 Å². The summed E-state index contributed by atoms with van der Waals surface area (Å²) < 4.78 is 42.4. The first-order valence-electron chi connectivity index (χ1n) is 10.9. The highest BCUT2D eigenvalue weighted by atomic mass is 19.4. The lowest BCUT2D eigenvalue weighted by molar-refractivity contribution is -0.122. The number of nitrogens with one attached hydrogen (secondary N) is 2. The van der Waals surface area contributed by atoms with E-state index in [0.717, 1.165) is 23.5 Å². The molecule has 2 aromatic rings. The van der Waals surface area contributed by atoms with E-state index in [9.17, 15) is 22.8 Å². The van der Waals surface area contributed by atoms with Crippen molar-refractivity contribution in [2.45, 2.75) is 32.1 Å². The second-order valence-electron chi connectivity index (χ2n) is 8.24. The maximum absolute atomic E-state index is 12.3. The summed E-state index contributed by atoms with van der Waals surface area (Å²) in [5, 5.41) is 4.13. The Morgan fingerprint density at radius 3 is 2.68 bits per heavy atom. The van der Waals surface area contributed by atoms with Crippen molar-refractivity contribution in [2.75, 3.05) is 43.1 Å². The number of aromatic nitrogens is 2. The Hall–Kier alpha value is -3.41. The summed E-state index contributed by atoms with van der Waals surface area (Å²) in [5.41, 5.74) is 2.81. The number of fused-ring (bicyclic) bond motifs is 1. The van der Waals surface area contributed by atoms with Gasteiger partial charge in [-0.05, 0) is 37.6 Å². The molecule has 4 rings (SSSR count). The van der Waals surface area contributed by atoms with Crippen molar-refractivity contribution < 1.29 is 27.5 Å². The van der Waals surface area contributed by atoms with Crippen LogP contribution in [0.5, 0.6) is 0 Å². The fourth-order valence-electron chi connectivity index (χ4n) is 3.99. The monoisotopic (exact) mass is 478 g/mol. The van der Waals surface area contributed by atoms with E-state index in [1.807, 2.05) is 0 Å². The molecule has 9 nitrogen and oxygen atoms in total. The highest BCUT2D eigenvalue weighted by Crippen LogP contribution is 2.31. The number of amides is 3. The van der Waals surface area contributed by atoms with Gasteiger partial charge in [0.1, 0.15) is 12.4 Å². The van der Waals surface area contributed by atoms with E-state index in [4.69, 9.17) is 14.7 Å². The number of rotatable bonds is 5. The van der Waals surface area contributed by atoms with Gasteiger partial charge in [-0.3, -0.25) is 4.79 Å². The summed E-state index contributed by atoms with van der Waals surface area (Å²) in [5.74, 6) is 1.29. The lowest BCUT2D eigenvalue weighted by atomic mass is 10.0. The number of benzene rings is 1. The van der Waals surface area contributed by atoms with Gasteiger partial charge < -0.3 is 25.2 Å². The average Bonchev–Trinajstić information content (AvgIpc) is 2.82. The van der Waals surface area contributed by atoms with Crippen LogP contribution in [-0.4, -0.2) is 72.4 Å². The molecule has 0 saturated carbocycles. The van der Waals surface area contributed by atoms with Gasteiger partial charge in [0.25, 0.3) is 0 Å². The molecule has 0 radical (unpaired) electrons. The molecule has 12 heteroatoms. The Kier molecular flexibility index (Phi) is 6.87. The average molecular weight is 478 g/mol. The fourth-order valence-corrected chi connectivity index (χ4v) is 3.99. The molecule has 1 aromatic heterocycles. The summed E-state index contributed by atoms with van der Waals surface area (Å²) >= 11 is 0. The van der Waals surface area contributed by atoms with Gasteiger partial charge in [0, 0.05) is 29.9 Å². The van der Waals surface area contributed by atoms with Gasteiger partial charge in [-0.2, -0.15) is 13.2 Å². The van der Waals surface area contributed by atoms with Gasteiger partial charge >= 0.3 is 12.2 Å². The molecule has 0 unspecified atom stereocenters. The Morgan fingerprint density at radius 2 is 2.00 bits per heavy atom. The Balaban J connectivity index is 1.59. The minimum absolute atomic E-state index is 0.131. The van der Waals surface area contributed by atoms with Crippen molar-refractivity contribution in [1.29, 1.82) is 0 Å². The number of nitrogens with zero attached hydrogens (tertiary/aromatic N) is 4. The van der Waals surface area contributed by atoms with E-state index in [1.165, 1.54) is 0 Å². The van der Waals surface area contributed by atoms with E-state index >= 15 is 0 Å². The van der Waals surface area contributed by atoms with E-state index < -0.39 is 18.8 Å². The molecule has 1 saturated heterocycles. The van der Waals surface area contributed by atoms with Crippen molar-refractivity contribution in [3.05, 3.63) is 35.5 Å². The number of carbonyl (C=O) groups is 2. The van der Waals surface area contributed by atoms with Crippen LogP contribution in [0.2, 0.25) is 0 Å². The number of hydrogen-bond acceptors (Lipinski definition) is 6. The fraction of sp³-hybridized carbons (Fsp3) is 0.455. The van der Waals surface area contributed by atoms with Crippen molar-refractivity contribution in [2.24, 2.45) is 0 Å². The molecule has 34 heavy (non-hydrogen) atoms. The van der Waals surface area contributed by atoms with Crippen LogP contribution in [0, 0.1) is 0 Å². The smallest absolute Gasteiger partial charge is 0.377 e. The van der Waals surface area contributed by atoms with E-state index in [-0.39, 0.29) is 6.04 Å². The standard InChI is InChI=1S/C22H25F3N6O3/c1-14-11-34-9-8-31(14)20-17-6-7-30(13-32)10-18(17)28-19(29-20)15-2-4-16(5-3-15)27-21(33)26-12-22(23,24)25/h2-5,13-14H,6-12H2,1H3,(H2,26,27,33)/t14-/m0/s1. The zero-order valence-corrected chi connectivity index (χ0v) is 18.6. The van der Waals surface area contributed by atoms with Gasteiger partial charge in [0.05, 0.1) is 31.5 Å². The first kappa shape index (κ1) is 23.7. The van der Waals surface area contributed by atoms with Crippen LogP contribution in [0.1, 0.15) is 18.2 Å². The molecule has 0 bridgehead atoms. The molecule has 0 aliphatic carbocycles. The van der Waals surface area contributed by atoms with Crippen LogP contribution >= 0.6 is 0 Å². The Morgan fingerprint density at radius 1 is 1.24 bits per heavy atom. The molecule has 1 aromatic carbocycles. The van der Waals surface area contributed by atoms with E-state index in [0.29, 0.717) is 56.3 Å². The lowest BCUT2D eigenvalue weighted by Crippen LogP contribution is -2.45. The number of hydrogen-bond donors (Lipinski definition) is 2. The molecule has 2 aliphatic heterocycles. The van der Waals surface area contributed by atoms with Gasteiger partial charge in [-0.15, -0.1) is 0 Å². The Bertz CT molecular complexity index is 1050. The zero-order chi connectivity index (χ0) is 24.3. The first-order chi connectivity index (χ1) is 16.2. The number of halogens is 3. The predicted octanol–water partition coefficient (Wildman–Crippen LogP) is 2.57. The number of urea groups is 1. The third-order valence-corrected chi connectivity index (χ3v) is 5.71. The first-order valence-corrected chi connectivity index (χ1v) is 10.9. The van der Waals surface area contributed by atoms with Gasteiger partial charge in [-0.25, -0.2) is 14.8 Å². The Labute approximate surface area is 194 Å². The molecule has 3 amide bonds. The van der Waals surface area contributed by atoms with Crippen LogP contribution in [-0.2, 0) is 22.5 Å². The van der Waals surface area contributed by atoms with Crippen molar-refractivity contribution in [1.82, 2.24) is 20.2 Å². The SMILES string of the molecule is C[C@H]1COCCN1c1nc(-c2ccc(NC(=O)NCC(F)(F)F)cc2)nc2c1CCN(C=O)C2. The number of ether oxygens (including phenoxy) is 1. The number of carbonyl (C=O) groups excluding carboxylic acids is 2. The topological polar surface area (TPSA) is 99.7 Å². The van der Waals surface area contributed by atoms with Gasteiger partial charge in [0.15, 0.2) is 5.82 Å². The van der Waals surface area contributed by atoms with Gasteiger partial charge in [-0.1, -0.05) is 0 Å². The maximum atomic E-state index is 12.3. The predicted molar refractivity (Wildman–Crippen MR) is 118 cm³/mol. The quantitative estimate of drug-likeness (QED) is 0.641. The van der Waals surface area contributed by atoms with Crippen LogP contribution in [0.15, 0.2) is 24.3 Å². The van der Waals surface area contributed by atoms with Crippen molar-refractivity contribution in [3.63, 3.8) is 0 Å². The molecule has 3 heterocycles. The maximum Gasteiger partial charge on any atom is 0.405 e. The number of alkyl halides is 3. The molecule has 182 valence electrons. The second-order valence-corrected chi connectivity index (χ2v) is 8.24. The molecule has 2 N–H and O–H groups in total. The van der Waals surface area contributed by atoms with Crippen molar-refractivity contribution in [3.8, 4) is 11.4 Å². The summed E-state index contributed by atoms with van der Waals surface area (Å²) in [6, 6.07) is 5.70. The minimum atomic E-state index is -4.49. The molecule has 0 spiro atoms. The summed E-state index contributed by atoms with van der Waals surface area (Å²) in [7, 11) is 0. The number of anilines is 2. The van der Waals surface area contributed by atoms with Crippen molar-refractivity contribution >= 4 is 23.9 Å². The largest absolute Gasteiger partial charge is 0.405 e. The highest BCUT2D eigenvalue weighted by molar-refractivity contribution is 5.89. The zero-order valence-electron chi connectivity index (χ0n) is 18.6. The minimum Gasteiger partial charge on any atom is -0.377 e. The van der Waals surface area contributed by atoms with Gasteiger partial charge in [0.2, 0.25) is 6.41 Å². The third-order valence-electron chi connectivity index (χ3n) is 5.71. The normalized spacial score (nSPS) is 18.3. The van der Waals surface area contributed by atoms with E-state index in [1.54, 1.807) is 34.5 Å². The highest BCUT2D eigenvalue weighted by Gasteiger charge is 2.29. The number of morpholine rings is 1. The third kappa shape index (κ3) is 5.56. The molecular weight excluding hydrogens is 453 g/mol. The van der Waals surface area contributed by atoms with Crippen LogP contribution in [0.4, 0.5) is 29.5 Å². The molecule has 1 fully saturated rings. The summed E-state index contributed by atoms with van der Waals surface area (Å²) in [4.78, 5) is 36.5. The molecule has 1 atom stereocenters. The summed E-state index contributed by atoms with van der Waals surface area (Å²) in [6.45, 7) is 3.51. The van der Waals surface area contributed by atoms with E-state index in [2.05, 4.69) is 17.1 Å². The van der Waals surface area contributed by atoms with Crippen LogP contribution in [0.3, 0.4) is 0 Å². The lowest BCUT2D eigenvalue weighted by Gasteiger charge is -2.37. The summed E-state index contributed by atoms with van der Waals surface area (Å²) in [6.07, 6.45) is -3.02.